The zero-order valence-corrected chi connectivity index (χ0v) is 11.6. The van der Waals surface area contributed by atoms with Crippen molar-refractivity contribution in [3.8, 4) is 0 Å². The molecule has 100 valence electrons. The molecule has 1 aliphatic carbocycles. The third kappa shape index (κ3) is 3.67. The zero-order valence-electron chi connectivity index (χ0n) is 11.6. The maximum atomic E-state index is 5.60. The highest BCUT2D eigenvalue weighted by molar-refractivity contribution is 4.95. The van der Waals surface area contributed by atoms with Crippen LogP contribution in [-0.4, -0.2) is 50.3 Å². The molecular weight excluding hydrogens is 212 g/mol. The second-order valence-electron chi connectivity index (χ2n) is 6.05. The molecule has 0 aromatic carbocycles. The lowest BCUT2D eigenvalue weighted by Gasteiger charge is -2.25. The molecule has 1 aliphatic heterocycles. The van der Waals surface area contributed by atoms with Crippen molar-refractivity contribution in [3.05, 3.63) is 0 Å². The van der Waals surface area contributed by atoms with Gasteiger partial charge in [-0.2, -0.15) is 0 Å². The summed E-state index contributed by atoms with van der Waals surface area (Å²) in [4.78, 5) is 2.42. The minimum atomic E-state index is 0.354. The van der Waals surface area contributed by atoms with Crippen molar-refractivity contribution < 1.29 is 4.74 Å². The van der Waals surface area contributed by atoms with E-state index in [4.69, 9.17) is 4.74 Å². The van der Waals surface area contributed by atoms with Crippen molar-refractivity contribution in [2.24, 2.45) is 11.8 Å². The van der Waals surface area contributed by atoms with E-state index in [0.29, 0.717) is 6.10 Å². The summed E-state index contributed by atoms with van der Waals surface area (Å²) in [5.41, 5.74) is 0. The lowest BCUT2D eigenvalue weighted by molar-refractivity contribution is 0.0617. The molecule has 0 aromatic heterocycles. The van der Waals surface area contributed by atoms with Gasteiger partial charge in [-0.05, 0) is 52.1 Å². The lowest BCUT2D eigenvalue weighted by Crippen LogP contribution is -2.40. The number of nitrogens with one attached hydrogen (secondary N) is 1. The second kappa shape index (κ2) is 6.17. The fourth-order valence-electron chi connectivity index (χ4n) is 3.37. The van der Waals surface area contributed by atoms with Crippen LogP contribution in [0.3, 0.4) is 0 Å². The molecule has 0 spiro atoms. The summed E-state index contributed by atoms with van der Waals surface area (Å²) in [6.07, 6.45) is 4.70. The molecule has 3 heteroatoms. The predicted molar refractivity (Wildman–Crippen MR) is 71.2 cm³/mol. The van der Waals surface area contributed by atoms with Crippen LogP contribution in [0.15, 0.2) is 0 Å². The van der Waals surface area contributed by atoms with Gasteiger partial charge in [0, 0.05) is 19.1 Å². The molecule has 1 saturated heterocycles. The first-order valence-electron chi connectivity index (χ1n) is 7.20. The molecule has 1 saturated carbocycles. The predicted octanol–water partition coefficient (Wildman–Crippen LogP) is 1.73. The Morgan fingerprint density at radius 1 is 1.35 bits per heavy atom. The standard InChI is InChI=1S/C14H28N2O/c1-11(2)17-8-7-16(3)10-14-13-6-4-5-12(13)9-15-14/h11-15H,4-10H2,1-3H3. The van der Waals surface area contributed by atoms with E-state index < -0.39 is 0 Å². The molecular formula is C14H28N2O. The van der Waals surface area contributed by atoms with E-state index in [1.807, 2.05) is 0 Å². The summed E-state index contributed by atoms with van der Waals surface area (Å²) < 4.78 is 5.60. The average molecular weight is 240 g/mol. The topological polar surface area (TPSA) is 24.5 Å². The average Bonchev–Trinajstić information content (AvgIpc) is 2.82. The monoisotopic (exact) mass is 240 g/mol. The van der Waals surface area contributed by atoms with E-state index in [0.717, 1.165) is 31.0 Å². The Morgan fingerprint density at radius 3 is 2.94 bits per heavy atom. The molecule has 3 unspecified atom stereocenters. The number of likely N-dealkylation sites (N-methyl/N-ethyl adjacent to an activating group) is 1. The van der Waals surface area contributed by atoms with Crippen LogP contribution in [0.4, 0.5) is 0 Å². The van der Waals surface area contributed by atoms with Gasteiger partial charge in [0.15, 0.2) is 0 Å². The van der Waals surface area contributed by atoms with Gasteiger partial charge in [-0.1, -0.05) is 6.42 Å². The Kier molecular flexibility index (Phi) is 4.83. The first kappa shape index (κ1) is 13.3. The SMILES string of the molecule is CC(C)OCCN(C)CC1NCC2CCCC21. The Hall–Kier alpha value is -0.120. The number of nitrogens with zero attached hydrogens (tertiary/aromatic N) is 1. The van der Waals surface area contributed by atoms with E-state index in [9.17, 15) is 0 Å². The van der Waals surface area contributed by atoms with Crippen molar-refractivity contribution in [1.29, 1.82) is 0 Å². The van der Waals surface area contributed by atoms with Crippen molar-refractivity contribution in [1.82, 2.24) is 10.2 Å². The van der Waals surface area contributed by atoms with Gasteiger partial charge in [0.1, 0.15) is 0 Å². The van der Waals surface area contributed by atoms with Crippen LogP contribution < -0.4 is 5.32 Å². The number of hydrogen-bond acceptors (Lipinski definition) is 3. The van der Waals surface area contributed by atoms with Gasteiger partial charge in [0.2, 0.25) is 0 Å². The van der Waals surface area contributed by atoms with E-state index in [1.165, 1.54) is 32.4 Å². The Balaban J connectivity index is 1.66. The quantitative estimate of drug-likeness (QED) is 0.765. The zero-order chi connectivity index (χ0) is 12.3. The third-order valence-electron chi connectivity index (χ3n) is 4.31. The number of ether oxygens (including phenoxy) is 1. The Morgan fingerprint density at radius 2 is 2.18 bits per heavy atom. The molecule has 2 aliphatic rings. The lowest BCUT2D eigenvalue weighted by atomic mass is 9.94. The maximum Gasteiger partial charge on any atom is 0.0596 e. The molecule has 0 aromatic rings. The molecule has 0 radical (unpaired) electrons. The van der Waals surface area contributed by atoms with E-state index >= 15 is 0 Å². The van der Waals surface area contributed by atoms with Crippen LogP contribution in [0.2, 0.25) is 0 Å². The van der Waals surface area contributed by atoms with E-state index in [2.05, 4.69) is 31.1 Å². The summed E-state index contributed by atoms with van der Waals surface area (Å²) in [6, 6.07) is 0.728. The van der Waals surface area contributed by atoms with Crippen LogP contribution in [0.25, 0.3) is 0 Å². The molecule has 3 atom stereocenters. The van der Waals surface area contributed by atoms with Gasteiger partial charge >= 0.3 is 0 Å². The summed E-state index contributed by atoms with van der Waals surface area (Å²) in [5, 5.41) is 3.71. The Labute approximate surface area is 106 Å². The minimum Gasteiger partial charge on any atom is -0.377 e. The molecule has 2 fully saturated rings. The highest BCUT2D eigenvalue weighted by Crippen LogP contribution is 2.37. The van der Waals surface area contributed by atoms with Crippen molar-refractivity contribution in [2.45, 2.75) is 45.3 Å². The number of hydrogen-bond donors (Lipinski definition) is 1. The molecule has 0 amide bonds. The van der Waals surface area contributed by atoms with Crippen molar-refractivity contribution in [3.63, 3.8) is 0 Å². The van der Waals surface area contributed by atoms with Crippen LogP contribution in [0.1, 0.15) is 33.1 Å². The van der Waals surface area contributed by atoms with Gasteiger partial charge in [0.25, 0.3) is 0 Å². The fraction of sp³-hybridized carbons (Fsp3) is 1.00. The van der Waals surface area contributed by atoms with E-state index in [-0.39, 0.29) is 0 Å². The largest absolute Gasteiger partial charge is 0.377 e. The molecule has 1 N–H and O–H groups in total. The smallest absolute Gasteiger partial charge is 0.0596 e. The maximum absolute atomic E-state index is 5.60. The van der Waals surface area contributed by atoms with Crippen LogP contribution in [0, 0.1) is 11.8 Å². The number of fused-ring (bicyclic) bond motifs is 1. The van der Waals surface area contributed by atoms with Crippen LogP contribution >= 0.6 is 0 Å². The van der Waals surface area contributed by atoms with Crippen LogP contribution in [-0.2, 0) is 4.74 Å². The second-order valence-corrected chi connectivity index (χ2v) is 6.05. The third-order valence-corrected chi connectivity index (χ3v) is 4.31. The van der Waals surface area contributed by atoms with Gasteiger partial charge in [0.05, 0.1) is 12.7 Å². The highest BCUT2D eigenvalue weighted by Gasteiger charge is 2.38. The molecule has 17 heavy (non-hydrogen) atoms. The normalized spacial score (nSPS) is 32.6. The van der Waals surface area contributed by atoms with Gasteiger partial charge in [-0.15, -0.1) is 0 Å². The molecule has 1 heterocycles. The van der Waals surface area contributed by atoms with Crippen molar-refractivity contribution in [2.75, 3.05) is 33.3 Å². The van der Waals surface area contributed by atoms with Crippen LogP contribution in [0.5, 0.6) is 0 Å². The first-order chi connectivity index (χ1) is 8.16. The fourth-order valence-corrected chi connectivity index (χ4v) is 3.37. The minimum absolute atomic E-state index is 0.354. The number of rotatable bonds is 6. The van der Waals surface area contributed by atoms with Gasteiger partial charge < -0.3 is 15.0 Å². The summed E-state index contributed by atoms with van der Waals surface area (Å²) >= 11 is 0. The molecule has 2 rings (SSSR count). The van der Waals surface area contributed by atoms with Gasteiger partial charge in [-0.3, -0.25) is 0 Å². The Bertz CT molecular complexity index is 232. The molecule has 0 bridgehead atoms. The summed E-state index contributed by atoms with van der Waals surface area (Å²) in [7, 11) is 2.22. The van der Waals surface area contributed by atoms with Crippen molar-refractivity contribution >= 4 is 0 Å². The summed E-state index contributed by atoms with van der Waals surface area (Å²) in [5.74, 6) is 1.92. The first-order valence-corrected chi connectivity index (χ1v) is 7.20. The van der Waals surface area contributed by atoms with Gasteiger partial charge in [-0.25, -0.2) is 0 Å². The molecule has 3 nitrogen and oxygen atoms in total. The highest BCUT2D eigenvalue weighted by atomic mass is 16.5. The summed E-state index contributed by atoms with van der Waals surface area (Å²) in [6.45, 7) is 8.54. The van der Waals surface area contributed by atoms with E-state index in [1.54, 1.807) is 0 Å².